The summed E-state index contributed by atoms with van der Waals surface area (Å²) in [4.78, 5) is 0. The lowest BCUT2D eigenvalue weighted by Crippen LogP contribution is -2.12. The summed E-state index contributed by atoms with van der Waals surface area (Å²) >= 11 is 0. The molecule has 1 aromatic rings. The zero-order valence-electron chi connectivity index (χ0n) is 10.0. The van der Waals surface area contributed by atoms with Crippen LogP contribution in [0.2, 0.25) is 0 Å². The first kappa shape index (κ1) is 13.0. The molecular formula is C13H20FNO. The van der Waals surface area contributed by atoms with Crippen LogP contribution in [0.4, 0.5) is 4.39 Å². The highest BCUT2D eigenvalue weighted by Gasteiger charge is 2.11. The van der Waals surface area contributed by atoms with Gasteiger partial charge in [-0.25, -0.2) is 4.39 Å². The second kappa shape index (κ2) is 6.48. The first-order chi connectivity index (χ1) is 7.69. The van der Waals surface area contributed by atoms with Crippen molar-refractivity contribution in [3.05, 3.63) is 29.6 Å². The van der Waals surface area contributed by atoms with E-state index >= 15 is 0 Å². The maximum absolute atomic E-state index is 13.6. The molecule has 0 spiro atoms. The minimum absolute atomic E-state index is 0.211. The van der Waals surface area contributed by atoms with Crippen LogP contribution < -0.4 is 10.5 Å². The van der Waals surface area contributed by atoms with E-state index in [1.807, 2.05) is 0 Å². The third kappa shape index (κ3) is 3.49. The summed E-state index contributed by atoms with van der Waals surface area (Å²) in [5.74, 6) is 0.255. The van der Waals surface area contributed by atoms with E-state index in [1.165, 1.54) is 13.2 Å². The van der Waals surface area contributed by atoms with Crippen LogP contribution in [0.15, 0.2) is 18.2 Å². The number of halogens is 1. The van der Waals surface area contributed by atoms with Crippen LogP contribution in [0, 0.1) is 5.82 Å². The first-order valence-corrected chi connectivity index (χ1v) is 5.78. The summed E-state index contributed by atoms with van der Waals surface area (Å²) in [6, 6.07) is 4.63. The fourth-order valence-corrected chi connectivity index (χ4v) is 1.71. The molecule has 3 heteroatoms. The number of rotatable bonds is 6. The van der Waals surface area contributed by atoms with Crippen molar-refractivity contribution < 1.29 is 9.13 Å². The monoisotopic (exact) mass is 225 g/mol. The van der Waals surface area contributed by atoms with Gasteiger partial charge >= 0.3 is 0 Å². The molecule has 0 aliphatic carbocycles. The van der Waals surface area contributed by atoms with Crippen molar-refractivity contribution >= 4 is 0 Å². The molecule has 90 valence electrons. The molecule has 0 aliphatic heterocycles. The highest BCUT2D eigenvalue weighted by molar-refractivity contribution is 5.30. The van der Waals surface area contributed by atoms with E-state index in [0.717, 1.165) is 25.7 Å². The van der Waals surface area contributed by atoms with Crippen molar-refractivity contribution in [3.63, 3.8) is 0 Å². The zero-order chi connectivity index (χ0) is 12.0. The number of benzene rings is 1. The van der Waals surface area contributed by atoms with E-state index in [9.17, 15) is 4.39 Å². The van der Waals surface area contributed by atoms with E-state index in [1.54, 1.807) is 12.1 Å². The van der Waals surface area contributed by atoms with Crippen LogP contribution in [0.1, 0.15) is 44.2 Å². The van der Waals surface area contributed by atoms with Gasteiger partial charge in [0.25, 0.3) is 0 Å². The minimum Gasteiger partial charge on any atom is -0.497 e. The molecule has 2 nitrogen and oxygen atoms in total. The fourth-order valence-electron chi connectivity index (χ4n) is 1.71. The summed E-state index contributed by atoms with van der Waals surface area (Å²) in [5.41, 5.74) is 6.53. The summed E-state index contributed by atoms with van der Waals surface area (Å²) in [7, 11) is 1.52. The molecule has 0 amide bonds. The lowest BCUT2D eigenvalue weighted by molar-refractivity contribution is 0.410. The van der Waals surface area contributed by atoms with Gasteiger partial charge in [-0.05, 0) is 12.5 Å². The summed E-state index contributed by atoms with van der Waals surface area (Å²) in [6.45, 7) is 2.14. The molecule has 0 saturated carbocycles. The Morgan fingerprint density at radius 3 is 2.69 bits per heavy atom. The van der Waals surface area contributed by atoms with Gasteiger partial charge in [-0.15, -0.1) is 0 Å². The first-order valence-electron chi connectivity index (χ1n) is 5.78. The average molecular weight is 225 g/mol. The molecule has 1 atom stereocenters. The lowest BCUT2D eigenvalue weighted by Gasteiger charge is -2.13. The highest BCUT2D eigenvalue weighted by Crippen LogP contribution is 2.23. The maximum atomic E-state index is 13.6. The van der Waals surface area contributed by atoms with Crippen molar-refractivity contribution in [2.24, 2.45) is 5.73 Å². The van der Waals surface area contributed by atoms with Gasteiger partial charge in [0.1, 0.15) is 11.6 Å². The van der Waals surface area contributed by atoms with E-state index in [4.69, 9.17) is 10.5 Å². The summed E-state index contributed by atoms with van der Waals surface area (Å²) in [5, 5.41) is 0. The number of ether oxygens (including phenoxy) is 1. The van der Waals surface area contributed by atoms with Crippen LogP contribution in [-0.2, 0) is 0 Å². The van der Waals surface area contributed by atoms with Gasteiger partial charge in [0.15, 0.2) is 0 Å². The van der Waals surface area contributed by atoms with Crippen LogP contribution in [0.3, 0.4) is 0 Å². The van der Waals surface area contributed by atoms with E-state index in [2.05, 4.69) is 6.92 Å². The van der Waals surface area contributed by atoms with Crippen molar-refractivity contribution in [2.75, 3.05) is 7.11 Å². The topological polar surface area (TPSA) is 35.2 Å². The van der Waals surface area contributed by atoms with Gasteiger partial charge < -0.3 is 10.5 Å². The number of unbranched alkanes of at least 4 members (excludes halogenated alkanes) is 2. The SMILES string of the molecule is CCCCC[C@@H](N)c1ccc(OC)cc1F. The number of hydrogen-bond acceptors (Lipinski definition) is 2. The molecule has 0 aliphatic rings. The standard InChI is InChI=1S/C13H20FNO/c1-3-4-5-6-13(15)11-8-7-10(16-2)9-12(11)14/h7-9,13H,3-6,15H2,1-2H3/t13-/m1/s1. The molecule has 16 heavy (non-hydrogen) atoms. The largest absolute Gasteiger partial charge is 0.497 e. The van der Waals surface area contributed by atoms with Crippen molar-refractivity contribution in [3.8, 4) is 5.75 Å². The highest BCUT2D eigenvalue weighted by atomic mass is 19.1. The lowest BCUT2D eigenvalue weighted by atomic mass is 10.0. The normalized spacial score (nSPS) is 12.5. The minimum atomic E-state index is -0.275. The Morgan fingerprint density at radius 1 is 1.38 bits per heavy atom. The second-order valence-electron chi connectivity index (χ2n) is 3.99. The van der Waals surface area contributed by atoms with E-state index in [-0.39, 0.29) is 11.9 Å². The fraction of sp³-hybridized carbons (Fsp3) is 0.538. The Kier molecular flexibility index (Phi) is 5.26. The van der Waals surface area contributed by atoms with Crippen molar-refractivity contribution in [1.29, 1.82) is 0 Å². The van der Waals surface area contributed by atoms with Gasteiger partial charge in [0.05, 0.1) is 7.11 Å². The second-order valence-corrected chi connectivity index (χ2v) is 3.99. The van der Waals surface area contributed by atoms with Crippen LogP contribution in [0.25, 0.3) is 0 Å². The Labute approximate surface area is 96.6 Å². The van der Waals surface area contributed by atoms with Crippen LogP contribution in [-0.4, -0.2) is 7.11 Å². The van der Waals surface area contributed by atoms with E-state index < -0.39 is 0 Å². The number of hydrogen-bond donors (Lipinski definition) is 1. The summed E-state index contributed by atoms with van der Waals surface area (Å²) < 4.78 is 18.6. The van der Waals surface area contributed by atoms with Gasteiger partial charge in [-0.1, -0.05) is 32.3 Å². The quantitative estimate of drug-likeness (QED) is 0.753. The maximum Gasteiger partial charge on any atom is 0.131 e. The Hall–Kier alpha value is -1.09. The van der Waals surface area contributed by atoms with Crippen molar-refractivity contribution in [1.82, 2.24) is 0 Å². The molecular weight excluding hydrogens is 205 g/mol. The predicted octanol–water partition coefficient (Wildman–Crippen LogP) is 3.41. The molecule has 0 bridgehead atoms. The molecule has 0 aromatic heterocycles. The molecule has 0 heterocycles. The van der Waals surface area contributed by atoms with E-state index in [0.29, 0.717) is 11.3 Å². The van der Waals surface area contributed by atoms with Crippen LogP contribution >= 0.6 is 0 Å². The van der Waals surface area contributed by atoms with Gasteiger partial charge in [-0.2, -0.15) is 0 Å². The molecule has 2 N–H and O–H groups in total. The Morgan fingerprint density at radius 2 is 2.12 bits per heavy atom. The Balaban J connectivity index is 2.64. The molecule has 0 unspecified atom stereocenters. The van der Waals surface area contributed by atoms with Crippen LogP contribution in [0.5, 0.6) is 5.75 Å². The summed E-state index contributed by atoms with van der Waals surface area (Å²) in [6.07, 6.45) is 4.17. The van der Waals surface area contributed by atoms with Crippen molar-refractivity contribution in [2.45, 2.75) is 38.6 Å². The molecule has 0 fully saturated rings. The smallest absolute Gasteiger partial charge is 0.131 e. The average Bonchev–Trinajstić information content (AvgIpc) is 2.29. The number of methoxy groups -OCH3 is 1. The molecule has 1 rings (SSSR count). The van der Waals surface area contributed by atoms with Gasteiger partial charge in [0, 0.05) is 17.7 Å². The Bertz CT molecular complexity index is 328. The molecule has 1 aromatic carbocycles. The van der Waals surface area contributed by atoms with Gasteiger partial charge in [-0.3, -0.25) is 0 Å². The number of nitrogens with two attached hydrogens (primary N) is 1. The molecule has 0 saturated heterocycles. The zero-order valence-corrected chi connectivity index (χ0v) is 10.0. The molecule has 0 radical (unpaired) electrons. The van der Waals surface area contributed by atoms with Gasteiger partial charge in [0.2, 0.25) is 0 Å². The third-order valence-corrected chi connectivity index (χ3v) is 2.73. The predicted molar refractivity (Wildman–Crippen MR) is 64.0 cm³/mol. The third-order valence-electron chi connectivity index (χ3n) is 2.73.